The van der Waals surface area contributed by atoms with Gasteiger partial charge in [-0.05, 0) is 33.6 Å². The van der Waals surface area contributed by atoms with Gasteiger partial charge in [0.2, 0.25) is 0 Å². The lowest BCUT2D eigenvalue weighted by Crippen LogP contribution is -2.39. The highest BCUT2D eigenvalue weighted by Crippen LogP contribution is 2.26. The molecular formula is C16H21N5O. The van der Waals surface area contributed by atoms with Crippen molar-refractivity contribution in [1.82, 2.24) is 24.4 Å². The number of likely N-dealkylation sites (tertiary alicyclic amines) is 1. The predicted octanol–water partition coefficient (Wildman–Crippen LogP) is 2.08. The summed E-state index contributed by atoms with van der Waals surface area (Å²) in [6.07, 6.45) is 7.01. The standard InChI is InChI=1S/C16H21N5O/c1-11-8-19-15(10-17-11)16(22)20-6-4-14(5-7-20)21-12(2)9-18-13(21)3/h8-10,14H,4-7H2,1-3H3. The fourth-order valence-corrected chi connectivity index (χ4v) is 3.11. The van der Waals surface area contributed by atoms with E-state index in [4.69, 9.17) is 0 Å². The molecule has 0 unspecified atom stereocenters. The molecule has 0 bridgehead atoms. The van der Waals surface area contributed by atoms with Gasteiger partial charge in [0.15, 0.2) is 0 Å². The number of aryl methyl sites for hydroxylation is 3. The van der Waals surface area contributed by atoms with Gasteiger partial charge < -0.3 is 9.47 Å². The summed E-state index contributed by atoms with van der Waals surface area (Å²) >= 11 is 0. The van der Waals surface area contributed by atoms with E-state index in [0.29, 0.717) is 11.7 Å². The molecule has 2 aromatic rings. The van der Waals surface area contributed by atoms with E-state index in [0.717, 1.165) is 37.4 Å². The maximum atomic E-state index is 12.4. The molecular weight excluding hydrogens is 278 g/mol. The van der Waals surface area contributed by atoms with Crippen LogP contribution in [0.4, 0.5) is 0 Å². The van der Waals surface area contributed by atoms with Crippen molar-refractivity contribution >= 4 is 5.91 Å². The van der Waals surface area contributed by atoms with Crippen LogP contribution in [0.3, 0.4) is 0 Å². The minimum Gasteiger partial charge on any atom is -0.337 e. The molecule has 1 aliphatic heterocycles. The number of aromatic nitrogens is 4. The van der Waals surface area contributed by atoms with Gasteiger partial charge in [-0.1, -0.05) is 0 Å². The molecule has 0 aromatic carbocycles. The lowest BCUT2D eigenvalue weighted by Gasteiger charge is -2.33. The van der Waals surface area contributed by atoms with Crippen molar-refractivity contribution in [1.29, 1.82) is 0 Å². The van der Waals surface area contributed by atoms with Gasteiger partial charge in [-0.3, -0.25) is 9.78 Å². The molecule has 3 rings (SSSR count). The summed E-state index contributed by atoms with van der Waals surface area (Å²) in [7, 11) is 0. The van der Waals surface area contributed by atoms with Crippen LogP contribution in [0.25, 0.3) is 0 Å². The number of piperidine rings is 1. The molecule has 0 atom stereocenters. The molecule has 22 heavy (non-hydrogen) atoms. The van der Waals surface area contributed by atoms with E-state index in [1.807, 2.05) is 24.9 Å². The van der Waals surface area contributed by atoms with Gasteiger partial charge >= 0.3 is 0 Å². The van der Waals surface area contributed by atoms with Crippen LogP contribution in [-0.4, -0.2) is 43.4 Å². The first-order chi connectivity index (χ1) is 10.6. The predicted molar refractivity (Wildman–Crippen MR) is 82.6 cm³/mol. The lowest BCUT2D eigenvalue weighted by atomic mass is 10.0. The zero-order chi connectivity index (χ0) is 15.7. The van der Waals surface area contributed by atoms with Crippen molar-refractivity contribution in [2.45, 2.75) is 39.7 Å². The molecule has 1 aliphatic rings. The van der Waals surface area contributed by atoms with Crippen molar-refractivity contribution < 1.29 is 4.79 Å². The largest absolute Gasteiger partial charge is 0.337 e. The van der Waals surface area contributed by atoms with Crippen molar-refractivity contribution in [2.24, 2.45) is 0 Å². The molecule has 1 fully saturated rings. The summed E-state index contributed by atoms with van der Waals surface area (Å²) in [5, 5.41) is 0. The van der Waals surface area contributed by atoms with Gasteiger partial charge in [0.25, 0.3) is 5.91 Å². The normalized spacial score (nSPS) is 16.0. The average molecular weight is 299 g/mol. The van der Waals surface area contributed by atoms with Gasteiger partial charge in [0.05, 0.1) is 11.9 Å². The van der Waals surface area contributed by atoms with E-state index in [9.17, 15) is 4.79 Å². The molecule has 1 amide bonds. The van der Waals surface area contributed by atoms with E-state index in [1.54, 1.807) is 12.4 Å². The van der Waals surface area contributed by atoms with Gasteiger partial charge in [0.1, 0.15) is 11.5 Å². The Bertz CT molecular complexity index is 649. The zero-order valence-corrected chi connectivity index (χ0v) is 13.3. The highest BCUT2D eigenvalue weighted by molar-refractivity contribution is 5.92. The second-order valence-electron chi connectivity index (χ2n) is 5.88. The third kappa shape index (κ3) is 2.73. The molecule has 0 aliphatic carbocycles. The highest BCUT2D eigenvalue weighted by Gasteiger charge is 2.26. The van der Waals surface area contributed by atoms with E-state index in [2.05, 4.69) is 26.4 Å². The number of amides is 1. The molecule has 0 radical (unpaired) electrons. The average Bonchev–Trinajstić information content (AvgIpc) is 2.86. The second kappa shape index (κ2) is 5.87. The maximum absolute atomic E-state index is 12.4. The SMILES string of the molecule is Cc1cnc(C(=O)N2CCC(n3c(C)cnc3C)CC2)cn1. The number of nitrogens with zero attached hydrogens (tertiary/aromatic N) is 5. The Morgan fingerprint density at radius 3 is 2.32 bits per heavy atom. The van der Waals surface area contributed by atoms with Crippen LogP contribution in [0.15, 0.2) is 18.6 Å². The van der Waals surface area contributed by atoms with Crippen LogP contribution in [0, 0.1) is 20.8 Å². The first-order valence-electron chi connectivity index (χ1n) is 7.64. The lowest BCUT2D eigenvalue weighted by molar-refractivity contribution is 0.0687. The Morgan fingerprint density at radius 2 is 1.77 bits per heavy atom. The number of imidazole rings is 1. The van der Waals surface area contributed by atoms with Crippen molar-refractivity contribution in [3.63, 3.8) is 0 Å². The molecule has 0 spiro atoms. The summed E-state index contributed by atoms with van der Waals surface area (Å²) in [6, 6.07) is 0.427. The number of carbonyl (C=O) groups is 1. The third-order valence-electron chi connectivity index (χ3n) is 4.28. The van der Waals surface area contributed by atoms with Crippen LogP contribution in [0.1, 0.15) is 46.6 Å². The molecule has 1 saturated heterocycles. The minimum absolute atomic E-state index is 0.0231. The smallest absolute Gasteiger partial charge is 0.274 e. The van der Waals surface area contributed by atoms with Crippen molar-refractivity contribution in [3.8, 4) is 0 Å². The van der Waals surface area contributed by atoms with Gasteiger partial charge in [-0.15, -0.1) is 0 Å². The zero-order valence-electron chi connectivity index (χ0n) is 13.3. The summed E-state index contributed by atoms with van der Waals surface area (Å²) in [5.74, 6) is 1.02. The van der Waals surface area contributed by atoms with Gasteiger partial charge in [0, 0.05) is 37.2 Å². The number of hydrogen-bond donors (Lipinski definition) is 0. The van der Waals surface area contributed by atoms with Crippen LogP contribution in [0.2, 0.25) is 0 Å². The molecule has 116 valence electrons. The molecule has 0 N–H and O–H groups in total. The summed E-state index contributed by atoms with van der Waals surface area (Å²) in [6.45, 7) is 7.47. The Hall–Kier alpha value is -2.24. The first-order valence-corrected chi connectivity index (χ1v) is 7.64. The fourth-order valence-electron chi connectivity index (χ4n) is 3.11. The Morgan fingerprint density at radius 1 is 1.05 bits per heavy atom. The first kappa shape index (κ1) is 14.7. The molecule has 6 nitrogen and oxygen atoms in total. The minimum atomic E-state index is -0.0231. The topological polar surface area (TPSA) is 63.9 Å². The van der Waals surface area contributed by atoms with Crippen molar-refractivity contribution in [3.05, 3.63) is 41.5 Å². The van der Waals surface area contributed by atoms with E-state index < -0.39 is 0 Å². The Labute approximate surface area is 130 Å². The van der Waals surface area contributed by atoms with Crippen LogP contribution >= 0.6 is 0 Å². The number of carbonyl (C=O) groups excluding carboxylic acids is 1. The Kier molecular flexibility index (Phi) is 3.92. The second-order valence-corrected chi connectivity index (χ2v) is 5.88. The van der Waals surface area contributed by atoms with Crippen LogP contribution < -0.4 is 0 Å². The summed E-state index contributed by atoms with van der Waals surface area (Å²) in [4.78, 5) is 27.0. The molecule has 6 heteroatoms. The van der Waals surface area contributed by atoms with Gasteiger partial charge in [-0.25, -0.2) is 9.97 Å². The fraction of sp³-hybridized carbons (Fsp3) is 0.500. The maximum Gasteiger partial charge on any atom is 0.274 e. The Balaban J connectivity index is 1.67. The van der Waals surface area contributed by atoms with E-state index in [-0.39, 0.29) is 5.91 Å². The number of rotatable bonds is 2. The third-order valence-corrected chi connectivity index (χ3v) is 4.28. The van der Waals surface area contributed by atoms with Crippen LogP contribution in [0.5, 0.6) is 0 Å². The van der Waals surface area contributed by atoms with E-state index >= 15 is 0 Å². The quantitative estimate of drug-likeness (QED) is 0.851. The van der Waals surface area contributed by atoms with Gasteiger partial charge in [-0.2, -0.15) is 0 Å². The highest BCUT2D eigenvalue weighted by atomic mass is 16.2. The molecule has 0 saturated carbocycles. The monoisotopic (exact) mass is 299 g/mol. The van der Waals surface area contributed by atoms with Crippen molar-refractivity contribution in [2.75, 3.05) is 13.1 Å². The van der Waals surface area contributed by atoms with E-state index in [1.165, 1.54) is 5.69 Å². The number of hydrogen-bond acceptors (Lipinski definition) is 4. The molecule has 2 aromatic heterocycles. The summed E-state index contributed by atoms with van der Waals surface area (Å²) in [5.41, 5.74) is 2.44. The summed E-state index contributed by atoms with van der Waals surface area (Å²) < 4.78 is 2.29. The molecule has 3 heterocycles. The van der Waals surface area contributed by atoms with Crippen LogP contribution in [-0.2, 0) is 0 Å².